The van der Waals surface area contributed by atoms with Gasteiger partial charge in [-0.15, -0.1) is 0 Å². The van der Waals surface area contributed by atoms with E-state index in [1.807, 2.05) is 0 Å². The number of amides is 2. The van der Waals surface area contributed by atoms with Crippen LogP contribution in [-0.2, 0) is 0 Å². The monoisotopic (exact) mass is 221 g/mol. The first-order chi connectivity index (χ1) is 7.75. The van der Waals surface area contributed by atoms with Crippen molar-refractivity contribution < 1.29 is 9.90 Å². The molecule has 1 aliphatic heterocycles. The number of carbonyl (C=O) groups is 1. The van der Waals surface area contributed by atoms with Gasteiger partial charge in [0, 0.05) is 31.9 Å². The molecule has 0 bridgehead atoms. The Kier molecular flexibility index (Phi) is 3.26. The van der Waals surface area contributed by atoms with Crippen LogP contribution in [0.2, 0.25) is 0 Å². The fourth-order valence-electron chi connectivity index (χ4n) is 1.62. The quantitative estimate of drug-likeness (QED) is 0.615. The number of nitrogens with one attached hydrogen (secondary N) is 2. The van der Waals surface area contributed by atoms with Crippen LogP contribution in [0, 0.1) is 0 Å². The van der Waals surface area contributed by atoms with Gasteiger partial charge < -0.3 is 20.6 Å². The molecular weight excluding hydrogens is 206 g/mol. The molecule has 1 heterocycles. The molecule has 0 atom stereocenters. The number of phenols is 1. The van der Waals surface area contributed by atoms with E-state index in [4.69, 9.17) is 5.11 Å². The van der Waals surface area contributed by atoms with E-state index in [2.05, 4.69) is 10.6 Å². The molecule has 0 unspecified atom stereocenters. The van der Waals surface area contributed by atoms with Crippen LogP contribution >= 0.6 is 0 Å². The van der Waals surface area contributed by atoms with Crippen molar-refractivity contribution in [1.82, 2.24) is 10.2 Å². The van der Waals surface area contributed by atoms with E-state index in [0.29, 0.717) is 5.69 Å². The van der Waals surface area contributed by atoms with Crippen molar-refractivity contribution in [2.45, 2.75) is 0 Å². The molecule has 0 saturated carbocycles. The molecule has 0 aromatic heterocycles. The van der Waals surface area contributed by atoms with Gasteiger partial charge in [-0.05, 0) is 24.3 Å². The number of benzene rings is 1. The molecule has 0 aliphatic carbocycles. The molecule has 86 valence electrons. The van der Waals surface area contributed by atoms with E-state index in [0.717, 1.165) is 26.2 Å². The Hall–Kier alpha value is -1.75. The summed E-state index contributed by atoms with van der Waals surface area (Å²) in [5, 5.41) is 15.1. The van der Waals surface area contributed by atoms with E-state index >= 15 is 0 Å². The summed E-state index contributed by atoms with van der Waals surface area (Å²) in [7, 11) is 0. The highest BCUT2D eigenvalue weighted by Crippen LogP contribution is 2.14. The zero-order valence-electron chi connectivity index (χ0n) is 8.94. The molecule has 1 aromatic rings. The summed E-state index contributed by atoms with van der Waals surface area (Å²) in [5.74, 6) is 0.195. The number of anilines is 1. The maximum Gasteiger partial charge on any atom is 0.321 e. The van der Waals surface area contributed by atoms with Crippen molar-refractivity contribution in [3.05, 3.63) is 24.3 Å². The number of hydrogen-bond donors (Lipinski definition) is 3. The molecule has 16 heavy (non-hydrogen) atoms. The van der Waals surface area contributed by atoms with Gasteiger partial charge in [-0.3, -0.25) is 0 Å². The van der Waals surface area contributed by atoms with E-state index in [-0.39, 0.29) is 11.8 Å². The summed E-state index contributed by atoms with van der Waals surface area (Å²) >= 11 is 0. The predicted octanol–water partition coefficient (Wildman–Crippen LogP) is 0.829. The largest absolute Gasteiger partial charge is 0.508 e. The van der Waals surface area contributed by atoms with Gasteiger partial charge in [-0.2, -0.15) is 0 Å². The molecule has 1 saturated heterocycles. The molecule has 0 radical (unpaired) electrons. The molecule has 1 aliphatic rings. The second-order valence-corrected chi connectivity index (χ2v) is 3.71. The first kappa shape index (κ1) is 10.8. The predicted molar refractivity (Wildman–Crippen MR) is 61.6 cm³/mol. The average Bonchev–Trinajstić information content (AvgIpc) is 2.33. The SMILES string of the molecule is O=C(Nc1ccc(O)cc1)N1CCNCC1. The Bertz CT molecular complexity index is 358. The number of nitrogens with zero attached hydrogens (tertiary/aromatic N) is 1. The summed E-state index contributed by atoms with van der Waals surface area (Å²) in [6.07, 6.45) is 0. The van der Waals surface area contributed by atoms with Crippen molar-refractivity contribution in [1.29, 1.82) is 0 Å². The normalized spacial score (nSPS) is 15.9. The maximum atomic E-state index is 11.8. The lowest BCUT2D eigenvalue weighted by Gasteiger charge is -2.27. The number of rotatable bonds is 1. The third-order valence-electron chi connectivity index (χ3n) is 2.52. The van der Waals surface area contributed by atoms with Crippen molar-refractivity contribution in [3.8, 4) is 5.75 Å². The second-order valence-electron chi connectivity index (χ2n) is 3.71. The van der Waals surface area contributed by atoms with Gasteiger partial charge in [0.1, 0.15) is 5.75 Å². The van der Waals surface area contributed by atoms with Crippen LogP contribution in [0.1, 0.15) is 0 Å². The van der Waals surface area contributed by atoms with E-state index in [9.17, 15) is 4.79 Å². The van der Waals surface area contributed by atoms with E-state index in [1.54, 1.807) is 29.2 Å². The minimum atomic E-state index is -0.0906. The number of phenolic OH excluding ortho intramolecular Hbond substituents is 1. The number of hydrogen-bond acceptors (Lipinski definition) is 3. The van der Waals surface area contributed by atoms with Crippen LogP contribution in [-0.4, -0.2) is 42.2 Å². The molecule has 1 aromatic carbocycles. The first-order valence-corrected chi connectivity index (χ1v) is 5.31. The van der Waals surface area contributed by atoms with Crippen molar-refractivity contribution in [2.75, 3.05) is 31.5 Å². The van der Waals surface area contributed by atoms with Crippen LogP contribution < -0.4 is 10.6 Å². The lowest BCUT2D eigenvalue weighted by atomic mass is 10.3. The number of carbonyl (C=O) groups excluding carboxylic acids is 1. The summed E-state index contributed by atoms with van der Waals surface area (Å²) in [6, 6.07) is 6.36. The summed E-state index contributed by atoms with van der Waals surface area (Å²) in [4.78, 5) is 13.5. The van der Waals surface area contributed by atoms with Crippen molar-refractivity contribution >= 4 is 11.7 Å². The molecular formula is C11H15N3O2. The smallest absolute Gasteiger partial charge is 0.321 e. The Balaban J connectivity index is 1.93. The molecule has 5 heteroatoms. The first-order valence-electron chi connectivity index (χ1n) is 5.31. The van der Waals surface area contributed by atoms with Gasteiger partial charge in [-0.25, -0.2) is 4.79 Å². The van der Waals surface area contributed by atoms with Gasteiger partial charge in [0.15, 0.2) is 0 Å². The van der Waals surface area contributed by atoms with Crippen molar-refractivity contribution in [2.24, 2.45) is 0 Å². The number of urea groups is 1. The minimum absolute atomic E-state index is 0.0906. The van der Waals surface area contributed by atoms with Crippen molar-refractivity contribution in [3.63, 3.8) is 0 Å². The highest BCUT2D eigenvalue weighted by Gasteiger charge is 2.15. The highest BCUT2D eigenvalue weighted by molar-refractivity contribution is 5.89. The molecule has 0 spiro atoms. The maximum absolute atomic E-state index is 11.8. The summed E-state index contributed by atoms with van der Waals surface area (Å²) in [6.45, 7) is 3.12. The van der Waals surface area contributed by atoms with Crippen LogP contribution in [0.5, 0.6) is 5.75 Å². The van der Waals surface area contributed by atoms with Gasteiger partial charge in [-0.1, -0.05) is 0 Å². The van der Waals surface area contributed by atoms with Gasteiger partial charge >= 0.3 is 6.03 Å². The van der Waals surface area contributed by atoms with Crippen LogP contribution in [0.4, 0.5) is 10.5 Å². The second kappa shape index (κ2) is 4.85. The Morgan fingerprint density at radius 2 is 1.88 bits per heavy atom. The van der Waals surface area contributed by atoms with Crippen LogP contribution in [0.15, 0.2) is 24.3 Å². The number of piperazine rings is 1. The van der Waals surface area contributed by atoms with Crippen LogP contribution in [0.3, 0.4) is 0 Å². The molecule has 1 fully saturated rings. The standard InChI is InChI=1S/C11H15N3O2/c15-10-3-1-9(2-4-10)13-11(16)14-7-5-12-6-8-14/h1-4,12,15H,5-8H2,(H,13,16). The third kappa shape index (κ3) is 2.64. The highest BCUT2D eigenvalue weighted by atomic mass is 16.3. The van der Waals surface area contributed by atoms with Crippen LogP contribution in [0.25, 0.3) is 0 Å². The third-order valence-corrected chi connectivity index (χ3v) is 2.52. The lowest BCUT2D eigenvalue weighted by molar-refractivity contribution is 0.204. The fourth-order valence-corrected chi connectivity index (χ4v) is 1.62. The van der Waals surface area contributed by atoms with Gasteiger partial charge in [0.05, 0.1) is 0 Å². The molecule has 3 N–H and O–H groups in total. The molecule has 2 rings (SSSR count). The fraction of sp³-hybridized carbons (Fsp3) is 0.364. The minimum Gasteiger partial charge on any atom is -0.508 e. The van der Waals surface area contributed by atoms with Gasteiger partial charge in [0.25, 0.3) is 0 Å². The molecule has 2 amide bonds. The Labute approximate surface area is 94.1 Å². The molecule has 5 nitrogen and oxygen atoms in total. The Morgan fingerprint density at radius 1 is 1.25 bits per heavy atom. The summed E-state index contributed by atoms with van der Waals surface area (Å²) in [5.41, 5.74) is 0.696. The van der Waals surface area contributed by atoms with E-state index in [1.165, 1.54) is 0 Å². The topological polar surface area (TPSA) is 64.6 Å². The lowest BCUT2D eigenvalue weighted by Crippen LogP contribution is -2.48. The Morgan fingerprint density at radius 3 is 2.50 bits per heavy atom. The number of aromatic hydroxyl groups is 1. The van der Waals surface area contributed by atoms with E-state index < -0.39 is 0 Å². The zero-order valence-corrected chi connectivity index (χ0v) is 8.94. The zero-order chi connectivity index (χ0) is 11.4. The summed E-state index contributed by atoms with van der Waals surface area (Å²) < 4.78 is 0. The average molecular weight is 221 g/mol. The van der Waals surface area contributed by atoms with Gasteiger partial charge in [0.2, 0.25) is 0 Å².